The summed E-state index contributed by atoms with van der Waals surface area (Å²) in [5.74, 6) is -2.39. The van der Waals surface area contributed by atoms with Gasteiger partial charge >= 0.3 is 23.9 Å². The monoisotopic (exact) mass is 390 g/mol. The molecule has 0 N–H and O–H groups in total. The summed E-state index contributed by atoms with van der Waals surface area (Å²) >= 11 is 0. The van der Waals surface area contributed by atoms with Crippen molar-refractivity contribution in [2.45, 2.75) is 25.7 Å². The minimum Gasteiger partial charge on any atom is -0.466 e. The number of ether oxygens (including phenoxy) is 4. The maximum absolute atomic E-state index is 12.1. The number of carbonyl (C=O) groups is 4. The summed E-state index contributed by atoms with van der Waals surface area (Å²) in [5, 5.41) is 0. The summed E-state index contributed by atoms with van der Waals surface area (Å²) < 4.78 is 19.1. The lowest BCUT2D eigenvalue weighted by Gasteiger charge is -2.24. The van der Waals surface area contributed by atoms with Gasteiger partial charge in [-0.15, -0.1) is 0 Å². The van der Waals surface area contributed by atoms with Gasteiger partial charge in [-0.25, -0.2) is 19.2 Å². The van der Waals surface area contributed by atoms with Gasteiger partial charge in [0.1, 0.15) is 0 Å². The van der Waals surface area contributed by atoms with E-state index in [0.717, 1.165) is 11.1 Å². The van der Waals surface area contributed by atoms with E-state index < -0.39 is 23.9 Å². The number of rotatable bonds is 5. The molecule has 28 heavy (non-hydrogen) atoms. The summed E-state index contributed by atoms with van der Waals surface area (Å²) in [6, 6.07) is 0. The molecule has 0 saturated heterocycles. The SMILES string of the molecule is COC(=O)C1=C(C(=O)OC)CC(C2=CCC(C(=O)OC)=C(C(=O)OC)C2)=CC1. The first kappa shape index (κ1) is 21.1. The van der Waals surface area contributed by atoms with E-state index in [0.29, 0.717) is 0 Å². The number of hydrogen-bond acceptors (Lipinski definition) is 8. The molecule has 150 valence electrons. The van der Waals surface area contributed by atoms with Crippen LogP contribution in [0.5, 0.6) is 0 Å². The van der Waals surface area contributed by atoms with Crippen LogP contribution in [-0.2, 0) is 38.1 Å². The predicted molar refractivity (Wildman–Crippen MR) is 96.8 cm³/mol. The van der Waals surface area contributed by atoms with Crippen LogP contribution >= 0.6 is 0 Å². The van der Waals surface area contributed by atoms with E-state index in [4.69, 9.17) is 18.9 Å². The maximum Gasteiger partial charge on any atom is 0.334 e. The summed E-state index contributed by atoms with van der Waals surface area (Å²) in [6.07, 6.45) is 4.33. The molecule has 0 bridgehead atoms. The normalized spacial score (nSPS) is 16.7. The molecule has 0 fully saturated rings. The molecular weight excluding hydrogens is 368 g/mol. The van der Waals surface area contributed by atoms with Crippen LogP contribution in [0.2, 0.25) is 0 Å². The molecule has 8 nitrogen and oxygen atoms in total. The van der Waals surface area contributed by atoms with E-state index in [1.165, 1.54) is 28.4 Å². The summed E-state index contributed by atoms with van der Waals surface area (Å²) in [5.41, 5.74) is 2.48. The average molecular weight is 390 g/mol. The summed E-state index contributed by atoms with van der Waals surface area (Å²) in [6.45, 7) is 0. The Hall–Kier alpha value is -3.16. The van der Waals surface area contributed by atoms with E-state index in [1.54, 1.807) is 0 Å². The number of methoxy groups -OCH3 is 4. The van der Waals surface area contributed by atoms with Crippen LogP contribution in [0.4, 0.5) is 0 Å². The van der Waals surface area contributed by atoms with Crippen LogP contribution in [0.3, 0.4) is 0 Å². The fourth-order valence-corrected chi connectivity index (χ4v) is 3.22. The molecule has 0 aliphatic heterocycles. The standard InChI is InChI=1S/C20H22O8/c1-25-17(21)13-7-5-11(9-15(13)19(23)27-3)12-6-8-14(18(22)26-2)16(10-12)20(24)28-4/h5-6H,7-10H2,1-4H3. The number of esters is 4. The lowest BCUT2D eigenvalue weighted by Crippen LogP contribution is -2.21. The highest BCUT2D eigenvalue weighted by Crippen LogP contribution is 2.36. The Kier molecular flexibility index (Phi) is 6.92. The van der Waals surface area contributed by atoms with Crippen molar-refractivity contribution in [3.63, 3.8) is 0 Å². The molecule has 2 aliphatic rings. The van der Waals surface area contributed by atoms with Crippen LogP contribution < -0.4 is 0 Å². The predicted octanol–water partition coefficient (Wildman–Crippen LogP) is 1.71. The Morgan fingerprint density at radius 3 is 1.14 bits per heavy atom. The third-order valence-electron chi connectivity index (χ3n) is 4.71. The summed E-state index contributed by atoms with van der Waals surface area (Å²) in [7, 11) is 4.97. The lowest BCUT2D eigenvalue weighted by atomic mass is 9.82. The van der Waals surface area contributed by atoms with Gasteiger partial charge < -0.3 is 18.9 Å². The van der Waals surface area contributed by atoms with Gasteiger partial charge in [-0.05, 0) is 24.0 Å². The van der Waals surface area contributed by atoms with E-state index >= 15 is 0 Å². The van der Waals surface area contributed by atoms with Crippen LogP contribution in [0.25, 0.3) is 0 Å². The van der Waals surface area contributed by atoms with Crippen LogP contribution in [-0.4, -0.2) is 52.3 Å². The highest BCUT2D eigenvalue weighted by Gasteiger charge is 2.31. The van der Waals surface area contributed by atoms with Crippen molar-refractivity contribution < 1.29 is 38.1 Å². The highest BCUT2D eigenvalue weighted by molar-refractivity contribution is 6.03. The Bertz CT molecular complexity index is 768. The Morgan fingerprint density at radius 2 is 0.857 bits per heavy atom. The van der Waals surface area contributed by atoms with Gasteiger partial charge in [0.15, 0.2) is 0 Å². The molecule has 0 unspecified atom stereocenters. The fraction of sp³-hybridized carbons (Fsp3) is 0.400. The summed E-state index contributed by atoms with van der Waals surface area (Å²) in [4.78, 5) is 48.2. The minimum atomic E-state index is -0.610. The fourth-order valence-electron chi connectivity index (χ4n) is 3.22. The zero-order valence-electron chi connectivity index (χ0n) is 16.2. The smallest absolute Gasteiger partial charge is 0.334 e. The van der Waals surface area contributed by atoms with Gasteiger partial charge in [0.05, 0.1) is 50.7 Å². The first-order chi connectivity index (χ1) is 13.4. The average Bonchev–Trinajstić information content (AvgIpc) is 2.75. The van der Waals surface area contributed by atoms with Gasteiger partial charge in [0, 0.05) is 12.8 Å². The van der Waals surface area contributed by atoms with Gasteiger partial charge in [-0.3, -0.25) is 0 Å². The van der Waals surface area contributed by atoms with Crippen LogP contribution in [0, 0.1) is 0 Å². The molecule has 2 rings (SSSR count). The molecule has 0 aromatic carbocycles. The topological polar surface area (TPSA) is 105 Å². The van der Waals surface area contributed by atoms with Crippen molar-refractivity contribution in [1.29, 1.82) is 0 Å². The molecule has 0 radical (unpaired) electrons. The van der Waals surface area contributed by atoms with E-state index in [-0.39, 0.29) is 48.0 Å². The Morgan fingerprint density at radius 1 is 0.571 bits per heavy atom. The second kappa shape index (κ2) is 9.16. The van der Waals surface area contributed by atoms with Crippen molar-refractivity contribution in [3.05, 3.63) is 45.6 Å². The second-order valence-electron chi connectivity index (χ2n) is 6.10. The molecule has 0 heterocycles. The molecule has 0 atom stereocenters. The first-order valence-corrected chi connectivity index (χ1v) is 8.53. The minimum absolute atomic E-state index is 0.158. The van der Waals surface area contributed by atoms with Crippen LogP contribution in [0.1, 0.15) is 25.7 Å². The third-order valence-corrected chi connectivity index (χ3v) is 4.71. The molecule has 2 aliphatic carbocycles. The van der Waals surface area contributed by atoms with E-state index in [9.17, 15) is 19.2 Å². The lowest BCUT2D eigenvalue weighted by molar-refractivity contribution is -0.139. The quantitative estimate of drug-likeness (QED) is 0.516. The molecule has 8 heteroatoms. The zero-order chi connectivity index (χ0) is 20.8. The van der Waals surface area contributed by atoms with Gasteiger partial charge in [0.25, 0.3) is 0 Å². The third kappa shape index (κ3) is 4.21. The first-order valence-electron chi connectivity index (χ1n) is 8.53. The van der Waals surface area contributed by atoms with Crippen molar-refractivity contribution in [2.75, 3.05) is 28.4 Å². The molecule has 0 aromatic rings. The van der Waals surface area contributed by atoms with Gasteiger partial charge in [-0.1, -0.05) is 12.2 Å². The second-order valence-corrected chi connectivity index (χ2v) is 6.10. The van der Waals surface area contributed by atoms with Gasteiger partial charge in [-0.2, -0.15) is 0 Å². The van der Waals surface area contributed by atoms with E-state index in [2.05, 4.69) is 0 Å². The molecule has 0 amide bonds. The van der Waals surface area contributed by atoms with Crippen molar-refractivity contribution in [3.8, 4) is 0 Å². The molecule has 0 spiro atoms. The van der Waals surface area contributed by atoms with Crippen LogP contribution in [0.15, 0.2) is 45.6 Å². The van der Waals surface area contributed by atoms with Gasteiger partial charge in [0.2, 0.25) is 0 Å². The highest BCUT2D eigenvalue weighted by atomic mass is 16.5. The Labute approximate surface area is 162 Å². The number of carbonyl (C=O) groups excluding carboxylic acids is 4. The number of allylic oxidation sites excluding steroid dienone is 4. The maximum atomic E-state index is 12.1. The largest absolute Gasteiger partial charge is 0.466 e. The molecular formula is C20H22O8. The van der Waals surface area contributed by atoms with Crippen molar-refractivity contribution in [2.24, 2.45) is 0 Å². The molecule has 0 aromatic heterocycles. The van der Waals surface area contributed by atoms with E-state index in [1.807, 2.05) is 12.2 Å². The van der Waals surface area contributed by atoms with Crippen molar-refractivity contribution in [1.82, 2.24) is 0 Å². The number of hydrogen-bond donors (Lipinski definition) is 0. The molecule has 0 saturated carbocycles. The zero-order valence-corrected chi connectivity index (χ0v) is 16.2. The van der Waals surface area contributed by atoms with Crippen molar-refractivity contribution >= 4 is 23.9 Å². The Balaban J connectivity index is 2.32.